The maximum atomic E-state index is 12.5. The van der Waals surface area contributed by atoms with Crippen molar-refractivity contribution < 1.29 is 9.53 Å². The third kappa shape index (κ3) is 5.03. The van der Waals surface area contributed by atoms with Gasteiger partial charge in [0.05, 0.1) is 13.2 Å². The Morgan fingerprint density at radius 1 is 1.13 bits per heavy atom. The average molecular weight is 406 g/mol. The number of carbonyl (C=O) groups excluding carboxylic acids is 1. The molecule has 2 amide bonds. The van der Waals surface area contributed by atoms with E-state index in [-0.39, 0.29) is 6.03 Å². The number of benzene rings is 1. The van der Waals surface area contributed by atoms with Crippen molar-refractivity contribution in [1.82, 2.24) is 24.8 Å². The van der Waals surface area contributed by atoms with E-state index in [0.29, 0.717) is 6.54 Å². The van der Waals surface area contributed by atoms with Crippen LogP contribution in [-0.4, -0.2) is 51.8 Å². The molecule has 1 fully saturated rings. The van der Waals surface area contributed by atoms with Crippen LogP contribution in [0.3, 0.4) is 0 Å². The number of carbonyl (C=O) groups is 1. The molecule has 0 unspecified atom stereocenters. The largest absolute Gasteiger partial charge is 0.379 e. The van der Waals surface area contributed by atoms with Gasteiger partial charge in [0.2, 0.25) is 0 Å². The summed E-state index contributed by atoms with van der Waals surface area (Å²) in [7, 11) is 0. The molecular weight excluding hydrogens is 380 g/mol. The van der Waals surface area contributed by atoms with Crippen LogP contribution in [0.1, 0.15) is 17.0 Å². The predicted octanol–water partition coefficient (Wildman–Crippen LogP) is 2.73. The van der Waals surface area contributed by atoms with Gasteiger partial charge >= 0.3 is 6.03 Å². The van der Waals surface area contributed by atoms with E-state index in [0.717, 1.165) is 61.3 Å². The molecule has 1 aromatic carbocycles. The number of pyridine rings is 1. The van der Waals surface area contributed by atoms with Crippen molar-refractivity contribution in [3.8, 4) is 5.82 Å². The van der Waals surface area contributed by atoms with Gasteiger partial charge in [0.25, 0.3) is 0 Å². The van der Waals surface area contributed by atoms with Crippen molar-refractivity contribution in [2.45, 2.75) is 20.0 Å². The van der Waals surface area contributed by atoms with Crippen molar-refractivity contribution in [3.63, 3.8) is 0 Å². The summed E-state index contributed by atoms with van der Waals surface area (Å²) in [4.78, 5) is 23.5. The number of ether oxygens (including phenoxy) is 1. The first-order valence-corrected chi connectivity index (χ1v) is 10.1. The van der Waals surface area contributed by atoms with Gasteiger partial charge < -0.3 is 15.4 Å². The van der Waals surface area contributed by atoms with Crippen molar-refractivity contribution >= 4 is 11.7 Å². The van der Waals surface area contributed by atoms with Crippen molar-refractivity contribution in [1.29, 1.82) is 0 Å². The van der Waals surface area contributed by atoms with Crippen LogP contribution in [0.25, 0.3) is 5.82 Å². The molecule has 0 radical (unpaired) electrons. The summed E-state index contributed by atoms with van der Waals surface area (Å²) in [5.41, 5.74) is 2.88. The number of para-hydroxylation sites is 1. The van der Waals surface area contributed by atoms with Crippen LogP contribution < -0.4 is 10.6 Å². The highest BCUT2D eigenvalue weighted by Gasteiger charge is 2.14. The van der Waals surface area contributed by atoms with Crippen LogP contribution in [0.4, 0.5) is 10.5 Å². The molecule has 3 aromatic rings. The van der Waals surface area contributed by atoms with Crippen LogP contribution >= 0.6 is 0 Å². The fourth-order valence-corrected chi connectivity index (χ4v) is 3.45. The Bertz CT molecular complexity index is 997. The fraction of sp³-hybridized carbons (Fsp3) is 0.318. The molecule has 0 atom stereocenters. The lowest BCUT2D eigenvalue weighted by Crippen LogP contribution is -2.36. The molecule has 2 N–H and O–H groups in total. The summed E-state index contributed by atoms with van der Waals surface area (Å²) >= 11 is 0. The fourth-order valence-electron chi connectivity index (χ4n) is 3.45. The van der Waals surface area contributed by atoms with Gasteiger partial charge in [0.15, 0.2) is 0 Å². The molecule has 3 heterocycles. The molecular formula is C22H26N6O2. The number of nitrogens with one attached hydrogen (secondary N) is 2. The van der Waals surface area contributed by atoms with E-state index in [1.807, 2.05) is 54.1 Å². The number of amides is 2. The van der Waals surface area contributed by atoms with E-state index >= 15 is 0 Å². The third-order valence-electron chi connectivity index (χ3n) is 5.10. The molecule has 4 rings (SSSR count). The number of nitrogens with zero attached hydrogens (tertiary/aromatic N) is 4. The molecule has 1 aliphatic heterocycles. The van der Waals surface area contributed by atoms with Crippen molar-refractivity contribution in [2.75, 3.05) is 31.6 Å². The average Bonchev–Trinajstić information content (AvgIpc) is 3.20. The summed E-state index contributed by atoms with van der Waals surface area (Å²) in [5.74, 6) is 1.64. The van der Waals surface area contributed by atoms with Gasteiger partial charge in [0.1, 0.15) is 11.6 Å². The summed E-state index contributed by atoms with van der Waals surface area (Å²) in [6.45, 7) is 6.43. The minimum Gasteiger partial charge on any atom is -0.379 e. The lowest BCUT2D eigenvalue weighted by Gasteiger charge is -2.27. The maximum Gasteiger partial charge on any atom is 0.319 e. The zero-order valence-corrected chi connectivity index (χ0v) is 17.0. The molecule has 0 aliphatic carbocycles. The van der Waals surface area contributed by atoms with Crippen LogP contribution in [0.2, 0.25) is 0 Å². The number of urea groups is 1. The van der Waals surface area contributed by atoms with E-state index in [9.17, 15) is 4.79 Å². The number of rotatable bonds is 6. The molecule has 0 spiro atoms. The van der Waals surface area contributed by atoms with E-state index in [4.69, 9.17) is 4.74 Å². The Hall–Kier alpha value is -3.23. The van der Waals surface area contributed by atoms with Gasteiger partial charge in [0, 0.05) is 50.5 Å². The van der Waals surface area contributed by atoms with Gasteiger partial charge in [-0.1, -0.05) is 18.2 Å². The Kier molecular flexibility index (Phi) is 6.36. The number of imidazole rings is 1. The summed E-state index contributed by atoms with van der Waals surface area (Å²) < 4.78 is 7.32. The highest BCUT2D eigenvalue weighted by Crippen LogP contribution is 2.18. The summed E-state index contributed by atoms with van der Waals surface area (Å²) in [6.07, 6.45) is 5.35. The van der Waals surface area contributed by atoms with Crippen LogP contribution in [0.5, 0.6) is 0 Å². The Morgan fingerprint density at radius 2 is 1.97 bits per heavy atom. The van der Waals surface area contributed by atoms with E-state index < -0.39 is 0 Å². The smallest absolute Gasteiger partial charge is 0.319 e. The monoisotopic (exact) mass is 406 g/mol. The highest BCUT2D eigenvalue weighted by atomic mass is 16.5. The molecule has 8 heteroatoms. The number of morpholine rings is 1. The van der Waals surface area contributed by atoms with Crippen molar-refractivity contribution in [3.05, 3.63) is 71.9 Å². The number of aromatic nitrogens is 3. The Balaban J connectivity index is 1.36. The quantitative estimate of drug-likeness (QED) is 0.658. The highest BCUT2D eigenvalue weighted by molar-refractivity contribution is 5.90. The second kappa shape index (κ2) is 9.51. The molecule has 156 valence electrons. The molecule has 0 bridgehead atoms. The molecule has 0 saturated carbocycles. The van der Waals surface area contributed by atoms with Crippen LogP contribution in [0.15, 0.2) is 55.0 Å². The second-order valence-corrected chi connectivity index (χ2v) is 7.22. The Morgan fingerprint density at radius 3 is 2.77 bits per heavy atom. The zero-order valence-electron chi connectivity index (χ0n) is 17.0. The molecule has 2 aromatic heterocycles. The zero-order chi connectivity index (χ0) is 20.8. The number of hydrogen-bond acceptors (Lipinski definition) is 5. The van der Waals surface area contributed by atoms with E-state index in [2.05, 4.69) is 25.5 Å². The van der Waals surface area contributed by atoms with Gasteiger partial charge in [-0.2, -0.15) is 0 Å². The topological polar surface area (TPSA) is 84.3 Å². The summed E-state index contributed by atoms with van der Waals surface area (Å²) in [6, 6.07) is 11.5. The molecule has 8 nitrogen and oxygen atoms in total. The van der Waals surface area contributed by atoms with Crippen LogP contribution in [-0.2, 0) is 17.8 Å². The normalized spacial score (nSPS) is 14.4. The van der Waals surface area contributed by atoms with Crippen LogP contribution in [0, 0.1) is 6.92 Å². The third-order valence-corrected chi connectivity index (χ3v) is 5.10. The molecule has 1 saturated heterocycles. The van der Waals surface area contributed by atoms with Gasteiger partial charge in [-0.25, -0.2) is 14.8 Å². The Labute approximate surface area is 175 Å². The first kappa shape index (κ1) is 20.1. The number of hydrogen-bond donors (Lipinski definition) is 2. The van der Waals surface area contributed by atoms with E-state index in [1.165, 1.54) is 0 Å². The minimum absolute atomic E-state index is 0.235. The van der Waals surface area contributed by atoms with Gasteiger partial charge in [-0.3, -0.25) is 9.47 Å². The maximum absolute atomic E-state index is 12.5. The van der Waals surface area contributed by atoms with Gasteiger partial charge in [-0.05, 0) is 36.2 Å². The first-order valence-electron chi connectivity index (χ1n) is 10.1. The summed E-state index contributed by atoms with van der Waals surface area (Å²) in [5, 5.41) is 5.91. The van der Waals surface area contributed by atoms with Gasteiger partial charge in [-0.15, -0.1) is 0 Å². The van der Waals surface area contributed by atoms with Crippen molar-refractivity contribution in [2.24, 2.45) is 0 Å². The molecule has 30 heavy (non-hydrogen) atoms. The first-order chi connectivity index (χ1) is 14.7. The molecule has 1 aliphatic rings. The minimum atomic E-state index is -0.235. The predicted molar refractivity (Wildman–Crippen MR) is 114 cm³/mol. The van der Waals surface area contributed by atoms with E-state index in [1.54, 1.807) is 12.4 Å². The standard InChI is InChI=1S/C22H26N6O2/c1-17-23-8-9-28(17)21-14-18(6-7-24-21)15-25-22(29)26-20-5-3-2-4-19(20)16-27-10-12-30-13-11-27/h2-9,14H,10-13,15-16H2,1H3,(H2,25,26,29). The number of aryl methyl sites for hydroxylation is 1. The lowest BCUT2D eigenvalue weighted by atomic mass is 10.1. The number of anilines is 1. The lowest BCUT2D eigenvalue weighted by molar-refractivity contribution is 0.0343. The second-order valence-electron chi connectivity index (χ2n) is 7.22. The SMILES string of the molecule is Cc1nccn1-c1cc(CNC(=O)Nc2ccccc2CN2CCOCC2)ccn1.